The largest absolute Gasteiger partial charge is 0.391 e. The van der Waals surface area contributed by atoms with Crippen LogP contribution in [-0.2, 0) is 64.2 Å². The van der Waals surface area contributed by atoms with E-state index in [4.69, 9.17) is 0 Å². The number of aryl methyl sites for hydroxylation is 6. The molecule has 4 aliphatic heterocycles. The number of nitrogens with zero attached hydrogens (tertiary/aromatic N) is 7. The molecule has 590 valence electrons. The summed E-state index contributed by atoms with van der Waals surface area (Å²) in [4.78, 5) is 141. The highest BCUT2D eigenvalue weighted by Gasteiger charge is 2.46. The number of aliphatic hydroxyl groups excluding tert-OH is 4. The molecule has 4 aliphatic rings. The summed E-state index contributed by atoms with van der Waals surface area (Å²) < 4.78 is 0. The van der Waals surface area contributed by atoms with Crippen molar-refractivity contribution in [2.45, 2.75) is 206 Å². The zero-order valence-electron chi connectivity index (χ0n) is 64.0. The molecule has 0 saturated carbocycles. The first-order chi connectivity index (χ1) is 53.2. The number of nitrogens with one attached hydrogen (secondary N) is 2. The topological polar surface area (TPSA) is 310 Å². The third kappa shape index (κ3) is 22.2. The Morgan fingerprint density at radius 3 is 1.26 bits per heavy atom. The number of hydrogen-bond acceptors (Lipinski definition) is 21. The van der Waals surface area contributed by atoms with Crippen molar-refractivity contribution < 1.29 is 63.6 Å². The van der Waals surface area contributed by atoms with E-state index < -0.39 is 66.6 Å². The fourth-order valence-corrected chi connectivity index (χ4v) is 17.9. The number of carbonyl (C=O) groups excluding carboxylic acids is 9. The van der Waals surface area contributed by atoms with Crippen LogP contribution in [0.5, 0.6) is 0 Å². The minimum Gasteiger partial charge on any atom is -0.391 e. The first-order valence-electron chi connectivity index (χ1n) is 38.0. The summed E-state index contributed by atoms with van der Waals surface area (Å²) in [7, 11) is 0. The predicted octanol–water partition coefficient (Wildman–Crippen LogP) is 11.4. The highest BCUT2D eigenvalue weighted by molar-refractivity contribution is 7.80. The first-order valence-corrected chi connectivity index (χ1v) is 42.1. The van der Waals surface area contributed by atoms with Gasteiger partial charge in [-0.1, -0.05) is 125 Å². The van der Waals surface area contributed by atoms with E-state index >= 15 is 0 Å². The van der Waals surface area contributed by atoms with Crippen LogP contribution in [0.2, 0.25) is 0 Å². The number of thiophene rings is 1. The lowest BCUT2D eigenvalue weighted by Crippen LogP contribution is -2.56. The van der Waals surface area contributed by atoms with Gasteiger partial charge in [-0.3, -0.25) is 43.2 Å². The monoisotopic (exact) mass is 1600 g/mol. The number of thiazole rings is 3. The van der Waals surface area contributed by atoms with Crippen molar-refractivity contribution in [2.24, 2.45) is 11.8 Å². The van der Waals surface area contributed by atoms with Gasteiger partial charge in [0.2, 0.25) is 23.6 Å². The smallest absolute Gasteiger partial charge is 0.255 e. The molecule has 0 aliphatic carbocycles. The Morgan fingerprint density at radius 2 is 0.901 bits per heavy atom. The fraction of sp³-hybridized carbons (Fsp3) is 0.452. The Kier molecular flexibility index (Phi) is 30.4. The van der Waals surface area contributed by atoms with Gasteiger partial charge in [-0.2, -0.15) is 12.6 Å². The van der Waals surface area contributed by atoms with Gasteiger partial charge < -0.3 is 50.7 Å². The molecular weight excluding hydrogens is 1500 g/mol. The molecule has 6 amide bonds. The highest BCUT2D eigenvalue weighted by Crippen LogP contribution is 2.35. The number of fused-ring (bicyclic) bond motifs is 1. The van der Waals surface area contributed by atoms with Crippen LogP contribution < -0.4 is 10.6 Å². The lowest BCUT2D eigenvalue weighted by Gasteiger charge is -2.32. The molecule has 27 heteroatoms. The number of likely N-dealkylation sites (tertiary alicyclic amines) is 3. The summed E-state index contributed by atoms with van der Waals surface area (Å²) in [5.41, 5.74) is 16.3. The average Bonchev–Trinajstić information content (AvgIpc) is 1.64. The quantitative estimate of drug-likeness (QED) is 0.0206. The van der Waals surface area contributed by atoms with Crippen LogP contribution in [0.3, 0.4) is 0 Å². The zero-order valence-corrected chi connectivity index (χ0v) is 68.2. The second-order valence-corrected chi connectivity index (χ2v) is 33.8. The van der Waals surface area contributed by atoms with Crippen molar-refractivity contribution >= 4 is 111 Å². The van der Waals surface area contributed by atoms with E-state index in [0.717, 1.165) is 82.0 Å². The Bertz CT molecular complexity index is 4500. The van der Waals surface area contributed by atoms with E-state index in [2.05, 4.69) is 38.2 Å². The predicted molar refractivity (Wildman–Crippen MR) is 436 cm³/mol. The fourth-order valence-electron chi connectivity index (χ4n) is 14.4. The molecule has 0 unspecified atom stereocenters. The van der Waals surface area contributed by atoms with Crippen LogP contribution in [0.15, 0.2) is 131 Å². The number of thiol groups is 1. The number of rotatable bonds is 30. The highest BCUT2D eigenvalue weighted by atomic mass is 32.1. The van der Waals surface area contributed by atoms with Crippen molar-refractivity contribution in [3.63, 3.8) is 0 Å². The minimum absolute atomic E-state index is 0.00320. The molecule has 3 saturated heterocycles. The third-order valence-corrected chi connectivity index (χ3v) is 24.9. The van der Waals surface area contributed by atoms with Crippen molar-refractivity contribution in [1.82, 2.24) is 45.2 Å². The van der Waals surface area contributed by atoms with Gasteiger partial charge in [0.05, 0.1) is 90.8 Å². The van der Waals surface area contributed by atoms with Gasteiger partial charge in [-0.15, -0.1) is 45.3 Å². The molecule has 0 radical (unpaired) electrons. The average molecular weight is 1610 g/mol. The normalized spacial score (nSPS) is 19.1. The minimum atomic E-state index is -1.16. The van der Waals surface area contributed by atoms with E-state index in [0.29, 0.717) is 56.0 Å². The van der Waals surface area contributed by atoms with Gasteiger partial charge in [0.25, 0.3) is 11.8 Å². The van der Waals surface area contributed by atoms with E-state index in [-0.39, 0.29) is 117 Å². The Labute approximate surface area is 670 Å². The number of Topliss-reactive ketones (excluding diaryl/α,β-unsaturated/α-hetero) is 3. The number of aliphatic hydroxyl groups is 4. The van der Waals surface area contributed by atoms with Crippen LogP contribution in [0.25, 0.3) is 31.3 Å². The van der Waals surface area contributed by atoms with Crippen LogP contribution in [0.1, 0.15) is 159 Å². The molecule has 12 rings (SSSR count). The number of benzene rings is 4. The molecule has 8 heterocycles. The summed E-state index contributed by atoms with van der Waals surface area (Å²) in [6.45, 7) is 16.0. The second kappa shape index (κ2) is 39.8. The number of aromatic nitrogens is 3. The maximum absolute atomic E-state index is 13.7. The van der Waals surface area contributed by atoms with Crippen molar-refractivity contribution in [3.05, 3.63) is 181 Å². The maximum atomic E-state index is 13.7. The molecule has 111 heavy (non-hydrogen) atoms. The molecule has 0 bridgehead atoms. The Morgan fingerprint density at radius 1 is 0.505 bits per heavy atom. The van der Waals surface area contributed by atoms with Crippen LogP contribution in [0, 0.1) is 32.6 Å². The third-order valence-electron chi connectivity index (χ3n) is 20.7. The van der Waals surface area contributed by atoms with Crippen molar-refractivity contribution in [2.75, 3.05) is 25.4 Å². The number of β-amino-alcohol motifs (C(OH)–C–C–N with tert-alkyl or cyclic N) is 3. The lowest BCUT2D eigenvalue weighted by molar-refractivity contribution is -0.143. The van der Waals surface area contributed by atoms with Gasteiger partial charge in [0.15, 0.2) is 17.3 Å². The first kappa shape index (κ1) is 84.9. The zero-order chi connectivity index (χ0) is 79.7. The SMILES string of the molecule is Cc1ncsc1-c1ccc(CCC(=O)[C@@H]2C[C@@H](O)CN2C(=O)[C@@H](NC(=O)CCC(C)C)[C@H](C)O)cc1.Cc1ncsc1-c1ccc(CCC(=O)[C@@H]2C[C@@H](O)CN2C(=O)[C@@H](NC(=O)CCC(C)C)c2cccs2)cc1.Cc1ncsc1-c1ccc(CCC(=O)[C@@H]2C[C@@H](O)CN2C(=O)[C@H](CS)N2Cc3ccccc3C2=O)cc1. The van der Waals surface area contributed by atoms with Crippen LogP contribution >= 0.6 is 58.0 Å². The Hall–Kier alpha value is -8.51. The molecule has 6 N–H and O–H groups in total. The van der Waals surface area contributed by atoms with Crippen molar-refractivity contribution in [1.29, 1.82) is 0 Å². The number of hydrogen-bond donors (Lipinski definition) is 7. The number of ketones is 3. The molecular formula is C84H101N9O13S5. The number of carbonyl (C=O) groups is 9. The summed E-state index contributed by atoms with van der Waals surface area (Å²) in [5, 5.41) is 48.6. The van der Waals surface area contributed by atoms with Crippen LogP contribution in [-0.4, -0.2) is 188 Å². The summed E-state index contributed by atoms with van der Waals surface area (Å²) in [6.07, 6.45) is 1.43. The van der Waals surface area contributed by atoms with Gasteiger partial charge in [-0.25, -0.2) is 15.0 Å². The van der Waals surface area contributed by atoms with Gasteiger partial charge in [0, 0.05) is 93.7 Å². The van der Waals surface area contributed by atoms with Crippen molar-refractivity contribution in [3.8, 4) is 31.3 Å². The van der Waals surface area contributed by atoms with E-state index in [9.17, 15) is 63.6 Å². The van der Waals surface area contributed by atoms with E-state index in [1.807, 2.05) is 167 Å². The van der Waals surface area contributed by atoms with Gasteiger partial charge in [0.1, 0.15) is 18.1 Å². The molecule has 4 aromatic heterocycles. The molecule has 3 fully saturated rings. The molecule has 10 atom stereocenters. The standard InChI is InChI=1S/C29H35N3O4S2.C28H29N3O4S2.C27H37N3O5S/c1-18(2)6-13-26(35)31-27(25-5-4-14-37-25)29(36)32-16-22(33)15-23(32)24(34)12-9-20-7-10-21(11-8-20)28-19(3)30-17-38-28;1-17-26(37-16-29-17)19-9-6-18(7-10-19)8-11-25(33)23-12-21(32)14-31(23)28(35)24(15-36)30-13-20-4-2-3-5-22(20)27(30)34;1-16(2)5-12-24(34)29-25(18(4)31)27(35)30-14-21(32)13-22(30)23(33)11-8-19-6-9-20(10-7-19)26-17(3)28-15-36-26/h4-5,7-8,10-11,14,17-18,22-23,27,33H,6,9,12-13,15-16H2,1-3H3,(H,31,35);2-7,9-10,16,21,23-24,32,36H,8,11-15H2,1H3;6-7,9-10,15-16,18,21-22,25,31-32H,5,8,11-14H2,1-4H3,(H,29,34)/t22-,23+,27+;21-,23+,24+;18-,21+,22-,25-/m110/s1. The summed E-state index contributed by atoms with van der Waals surface area (Å²) >= 11 is 10.6. The van der Waals surface area contributed by atoms with Gasteiger partial charge in [-0.05, 0) is 128 Å². The summed E-state index contributed by atoms with van der Waals surface area (Å²) in [6, 6.07) is 30.2. The lowest BCUT2D eigenvalue weighted by atomic mass is 9.99. The maximum Gasteiger partial charge on any atom is 0.255 e. The number of amides is 6. The second-order valence-electron chi connectivity index (χ2n) is 29.9. The summed E-state index contributed by atoms with van der Waals surface area (Å²) in [5.74, 6) is -1.39. The Balaban J connectivity index is 0.000000177. The van der Waals surface area contributed by atoms with Crippen LogP contribution in [0.4, 0.5) is 0 Å². The van der Waals surface area contributed by atoms with E-state index in [1.165, 1.54) is 37.9 Å². The molecule has 22 nitrogen and oxygen atoms in total. The van der Waals surface area contributed by atoms with Gasteiger partial charge >= 0.3 is 0 Å². The van der Waals surface area contributed by atoms with E-state index in [1.54, 1.807) is 46.1 Å². The molecule has 0 spiro atoms. The molecule has 8 aromatic rings. The molecule has 4 aromatic carbocycles.